The lowest BCUT2D eigenvalue weighted by molar-refractivity contribution is -0.387. The monoisotopic (exact) mass is 243 g/mol. The molecule has 1 rings (SSSR count). The van der Waals surface area contributed by atoms with Crippen LogP contribution in [0.1, 0.15) is 12.8 Å². The van der Waals surface area contributed by atoms with E-state index in [-0.39, 0.29) is 25.2 Å². The SMILES string of the molecule is O=C(O)CCCOc1ccc([N+](=O)[O-])c(F)c1. The van der Waals surface area contributed by atoms with Crippen LogP contribution in [0.2, 0.25) is 0 Å². The van der Waals surface area contributed by atoms with Crippen LogP contribution < -0.4 is 4.74 Å². The van der Waals surface area contributed by atoms with Crippen LogP contribution in [-0.4, -0.2) is 22.6 Å². The molecule has 0 saturated heterocycles. The number of aliphatic carboxylic acids is 1. The molecule has 0 fully saturated rings. The Morgan fingerprint density at radius 1 is 1.53 bits per heavy atom. The summed E-state index contributed by atoms with van der Waals surface area (Å²) in [6.07, 6.45) is 0.239. The highest BCUT2D eigenvalue weighted by Gasteiger charge is 2.14. The number of carboxylic acid groups (broad SMARTS) is 1. The number of nitrogens with zero attached hydrogens (tertiary/aromatic N) is 1. The average Bonchev–Trinajstić information content (AvgIpc) is 2.23. The highest BCUT2D eigenvalue weighted by atomic mass is 19.1. The molecule has 0 atom stereocenters. The Labute approximate surface area is 95.8 Å². The van der Waals surface area contributed by atoms with Crippen molar-refractivity contribution in [3.63, 3.8) is 0 Å². The fraction of sp³-hybridized carbons (Fsp3) is 0.300. The van der Waals surface area contributed by atoms with Crippen LogP contribution in [0.15, 0.2) is 18.2 Å². The van der Waals surface area contributed by atoms with Gasteiger partial charge in [-0.25, -0.2) is 0 Å². The lowest BCUT2D eigenvalue weighted by Gasteiger charge is -2.04. The molecule has 0 aliphatic heterocycles. The zero-order valence-corrected chi connectivity index (χ0v) is 8.76. The molecule has 1 aromatic carbocycles. The summed E-state index contributed by atoms with van der Waals surface area (Å²) in [6, 6.07) is 3.17. The van der Waals surface area contributed by atoms with E-state index < -0.39 is 22.4 Å². The summed E-state index contributed by atoms with van der Waals surface area (Å²) in [6.45, 7) is 0.115. The zero-order valence-electron chi connectivity index (χ0n) is 8.76. The van der Waals surface area contributed by atoms with Gasteiger partial charge in [-0.05, 0) is 12.5 Å². The van der Waals surface area contributed by atoms with Crippen molar-refractivity contribution in [3.05, 3.63) is 34.1 Å². The van der Waals surface area contributed by atoms with E-state index in [1.807, 2.05) is 0 Å². The molecule has 1 N–H and O–H groups in total. The second-order valence-corrected chi connectivity index (χ2v) is 3.22. The fourth-order valence-electron chi connectivity index (χ4n) is 1.14. The molecule has 0 aromatic heterocycles. The maximum absolute atomic E-state index is 13.1. The number of carbonyl (C=O) groups is 1. The molecular weight excluding hydrogens is 233 g/mol. The van der Waals surface area contributed by atoms with Crippen molar-refractivity contribution in [2.45, 2.75) is 12.8 Å². The molecule has 92 valence electrons. The number of carboxylic acids is 1. The summed E-state index contributed by atoms with van der Waals surface area (Å²) >= 11 is 0. The minimum absolute atomic E-state index is 0.0462. The second-order valence-electron chi connectivity index (χ2n) is 3.22. The van der Waals surface area contributed by atoms with Crippen molar-refractivity contribution in [1.29, 1.82) is 0 Å². The topological polar surface area (TPSA) is 89.7 Å². The van der Waals surface area contributed by atoms with Gasteiger partial charge < -0.3 is 9.84 Å². The van der Waals surface area contributed by atoms with Gasteiger partial charge in [0.15, 0.2) is 0 Å². The first kappa shape index (κ1) is 12.9. The Morgan fingerprint density at radius 2 is 2.24 bits per heavy atom. The molecule has 0 amide bonds. The van der Waals surface area contributed by atoms with Gasteiger partial charge in [-0.3, -0.25) is 14.9 Å². The third-order valence-corrected chi connectivity index (χ3v) is 1.92. The van der Waals surface area contributed by atoms with E-state index in [0.717, 1.165) is 12.1 Å². The van der Waals surface area contributed by atoms with Crippen LogP contribution in [0.3, 0.4) is 0 Å². The maximum atomic E-state index is 13.1. The number of halogens is 1. The van der Waals surface area contributed by atoms with Crippen LogP contribution in [0.25, 0.3) is 0 Å². The van der Waals surface area contributed by atoms with Crippen molar-refractivity contribution in [1.82, 2.24) is 0 Å². The van der Waals surface area contributed by atoms with Gasteiger partial charge in [0, 0.05) is 18.6 Å². The van der Waals surface area contributed by atoms with Crippen molar-refractivity contribution < 1.29 is 24.0 Å². The van der Waals surface area contributed by atoms with Gasteiger partial charge in [-0.1, -0.05) is 0 Å². The summed E-state index contributed by atoms with van der Waals surface area (Å²) in [4.78, 5) is 19.7. The Bertz CT molecular complexity index is 435. The predicted octanol–water partition coefficient (Wildman–Crippen LogP) is 1.98. The predicted molar refractivity (Wildman–Crippen MR) is 55.4 cm³/mol. The minimum Gasteiger partial charge on any atom is -0.493 e. The van der Waals surface area contributed by atoms with E-state index >= 15 is 0 Å². The summed E-state index contributed by atoms with van der Waals surface area (Å²) in [5.41, 5.74) is -0.622. The molecular formula is C10H10FNO5. The van der Waals surface area contributed by atoms with Crippen molar-refractivity contribution in [2.75, 3.05) is 6.61 Å². The number of benzene rings is 1. The highest BCUT2D eigenvalue weighted by molar-refractivity contribution is 5.66. The van der Waals surface area contributed by atoms with E-state index in [1.54, 1.807) is 0 Å². The molecule has 1 aromatic rings. The second kappa shape index (κ2) is 5.78. The molecule has 17 heavy (non-hydrogen) atoms. The Balaban J connectivity index is 2.53. The third-order valence-electron chi connectivity index (χ3n) is 1.92. The van der Waals surface area contributed by atoms with Crippen LogP contribution in [0.5, 0.6) is 5.75 Å². The van der Waals surface area contributed by atoms with Crippen LogP contribution >= 0.6 is 0 Å². The van der Waals surface area contributed by atoms with Gasteiger partial charge in [0.05, 0.1) is 11.5 Å². The largest absolute Gasteiger partial charge is 0.493 e. The molecule has 0 spiro atoms. The summed E-state index contributed by atoms with van der Waals surface area (Å²) in [5.74, 6) is -1.78. The van der Waals surface area contributed by atoms with E-state index in [4.69, 9.17) is 9.84 Å². The molecule has 6 nitrogen and oxygen atoms in total. The number of nitro groups is 1. The number of rotatable bonds is 6. The molecule has 0 saturated carbocycles. The summed E-state index contributed by atoms with van der Waals surface area (Å²) in [7, 11) is 0. The van der Waals surface area contributed by atoms with Gasteiger partial charge >= 0.3 is 11.7 Å². The Kier molecular flexibility index (Phi) is 4.38. The van der Waals surface area contributed by atoms with Crippen molar-refractivity contribution in [2.24, 2.45) is 0 Å². The minimum atomic E-state index is -0.981. The molecule has 7 heteroatoms. The standard InChI is InChI=1S/C10H10FNO5/c11-8-6-7(3-4-9(8)12(15)16)17-5-1-2-10(13)14/h3-4,6H,1-2,5H2,(H,13,14). The van der Waals surface area contributed by atoms with Crippen molar-refractivity contribution >= 4 is 11.7 Å². The van der Waals surface area contributed by atoms with E-state index in [9.17, 15) is 19.3 Å². The lowest BCUT2D eigenvalue weighted by atomic mass is 10.3. The summed E-state index contributed by atoms with van der Waals surface area (Å²) < 4.78 is 18.2. The third kappa shape index (κ3) is 4.06. The number of nitro benzene ring substituents is 1. The molecule has 0 aliphatic rings. The first-order valence-electron chi connectivity index (χ1n) is 4.79. The molecule has 0 bridgehead atoms. The van der Waals surface area contributed by atoms with Gasteiger partial charge in [0.25, 0.3) is 0 Å². The molecule has 0 unspecified atom stereocenters. The first-order valence-corrected chi connectivity index (χ1v) is 4.79. The number of ether oxygens (including phenoxy) is 1. The normalized spacial score (nSPS) is 9.94. The summed E-state index contributed by atoms with van der Waals surface area (Å²) in [5, 5.41) is 18.7. The van der Waals surface area contributed by atoms with Gasteiger partial charge in [0.2, 0.25) is 5.82 Å². The fourth-order valence-corrected chi connectivity index (χ4v) is 1.14. The van der Waals surface area contributed by atoms with Crippen LogP contribution in [-0.2, 0) is 4.79 Å². The maximum Gasteiger partial charge on any atom is 0.305 e. The Morgan fingerprint density at radius 3 is 2.76 bits per heavy atom. The quantitative estimate of drug-likeness (QED) is 0.468. The average molecular weight is 243 g/mol. The van der Waals surface area contributed by atoms with Crippen molar-refractivity contribution in [3.8, 4) is 5.75 Å². The number of hydrogen-bond acceptors (Lipinski definition) is 4. The highest BCUT2D eigenvalue weighted by Crippen LogP contribution is 2.22. The molecule has 0 radical (unpaired) electrons. The van der Waals surface area contributed by atoms with Gasteiger partial charge in [-0.2, -0.15) is 4.39 Å². The smallest absolute Gasteiger partial charge is 0.305 e. The first-order chi connectivity index (χ1) is 8.00. The van der Waals surface area contributed by atoms with Gasteiger partial charge in [0.1, 0.15) is 5.75 Å². The van der Waals surface area contributed by atoms with E-state index in [2.05, 4.69) is 0 Å². The van der Waals surface area contributed by atoms with E-state index in [0.29, 0.717) is 0 Å². The van der Waals surface area contributed by atoms with Crippen LogP contribution in [0, 0.1) is 15.9 Å². The lowest BCUT2D eigenvalue weighted by Crippen LogP contribution is -2.02. The molecule has 0 aliphatic carbocycles. The zero-order chi connectivity index (χ0) is 12.8. The van der Waals surface area contributed by atoms with Crippen LogP contribution in [0.4, 0.5) is 10.1 Å². The Hall–Kier alpha value is -2.18. The number of hydrogen-bond donors (Lipinski definition) is 1. The molecule has 0 heterocycles. The van der Waals surface area contributed by atoms with E-state index in [1.165, 1.54) is 6.07 Å². The van der Waals surface area contributed by atoms with Gasteiger partial charge in [-0.15, -0.1) is 0 Å².